The first-order valence-corrected chi connectivity index (χ1v) is 9.31. The topological polar surface area (TPSA) is 52.2 Å². The van der Waals surface area contributed by atoms with Crippen molar-refractivity contribution in [1.82, 2.24) is 15.6 Å². The van der Waals surface area contributed by atoms with Crippen molar-refractivity contribution in [3.05, 3.63) is 57.9 Å². The monoisotopic (exact) mass is 468 g/mol. The molecule has 0 atom stereocenters. The zero-order valence-electron chi connectivity index (χ0n) is 14.6. The summed E-state index contributed by atoms with van der Waals surface area (Å²) in [6.45, 7) is 6.66. The van der Waals surface area contributed by atoms with Crippen LogP contribution in [0.1, 0.15) is 23.6 Å². The van der Waals surface area contributed by atoms with Crippen LogP contribution in [0.3, 0.4) is 0 Å². The highest BCUT2D eigenvalue weighted by atomic mass is 127. The van der Waals surface area contributed by atoms with Crippen LogP contribution in [-0.2, 0) is 13.0 Å². The molecule has 3 N–H and O–H groups in total. The largest absolute Gasteiger partial charge is 0.361 e. The molecular weight excluding hydrogens is 443 g/mol. The molecule has 3 rings (SSSR count). The lowest BCUT2D eigenvalue weighted by Gasteiger charge is -2.11. The van der Waals surface area contributed by atoms with E-state index in [1.54, 1.807) is 11.3 Å². The van der Waals surface area contributed by atoms with Crippen molar-refractivity contribution in [3.8, 4) is 0 Å². The van der Waals surface area contributed by atoms with Crippen molar-refractivity contribution in [2.24, 2.45) is 4.99 Å². The standard InChI is InChI=1S/C19H24N4S.HI/c1-3-20-19(23-11-15-8-10-24-13-15)21-9-7-16-12-22-18-14(2)5-4-6-17(16)18;/h4-6,8,10,12-13,22H,3,7,9,11H2,1-2H3,(H2,20,21,23);1H. The molecule has 0 amide bonds. The Hall–Kier alpha value is -1.54. The molecule has 0 fully saturated rings. The third kappa shape index (κ3) is 5.22. The van der Waals surface area contributed by atoms with Gasteiger partial charge in [0.05, 0.1) is 6.54 Å². The van der Waals surface area contributed by atoms with Crippen molar-refractivity contribution in [2.75, 3.05) is 13.1 Å². The number of fused-ring (bicyclic) bond motifs is 1. The molecular formula is C19H25IN4S. The third-order valence-electron chi connectivity index (χ3n) is 4.04. The number of aliphatic imine (C=N–C) groups is 1. The Kier molecular flexibility index (Phi) is 7.77. The van der Waals surface area contributed by atoms with Crippen molar-refractivity contribution >= 4 is 52.2 Å². The van der Waals surface area contributed by atoms with Gasteiger partial charge in [-0.15, -0.1) is 24.0 Å². The molecule has 2 aromatic heterocycles. The number of benzene rings is 1. The lowest BCUT2D eigenvalue weighted by atomic mass is 10.1. The van der Waals surface area contributed by atoms with Gasteiger partial charge in [-0.25, -0.2) is 4.99 Å². The second kappa shape index (κ2) is 9.82. The summed E-state index contributed by atoms with van der Waals surface area (Å²) in [4.78, 5) is 8.04. The van der Waals surface area contributed by atoms with E-state index in [0.717, 1.165) is 25.5 Å². The molecule has 3 aromatic rings. The summed E-state index contributed by atoms with van der Waals surface area (Å²) in [6.07, 6.45) is 3.08. The molecule has 0 saturated heterocycles. The first-order valence-electron chi connectivity index (χ1n) is 8.36. The molecule has 25 heavy (non-hydrogen) atoms. The molecule has 6 heteroatoms. The van der Waals surface area contributed by atoms with E-state index < -0.39 is 0 Å². The maximum atomic E-state index is 4.64. The van der Waals surface area contributed by atoms with E-state index >= 15 is 0 Å². The van der Waals surface area contributed by atoms with E-state index in [4.69, 9.17) is 0 Å². The number of nitrogens with zero attached hydrogens (tertiary/aromatic N) is 1. The van der Waals surface area contributed by atoms with Crippen molar-refractivity contribution in [2.45, 2.75) is 26.8 Å². The summed E-state index contributed by atoms with van der Waals surface area (Å²) < 4.78 is 0. The Morgan fingerprint density at radius 1 is 1.24 bits per heavy atom. The number of hydrogen-bond acceptors (Lipinski definition) is 2. The van der Waals surface area contributed by atoms with Crippen molar-refractivity contribution in [3.63, 3.8) is 0 Å². The van der Waals surface area contributed by atoms with E-state index in [9.17, 15) is 0 Å². The summed E-state index contributed by atoms with van der Waals surface area (Å²) in [7, 11) is 0. The number of aromatic nitrogens is 1. The highest BCUT2D eigenvalue weighted by Crippen LogP contribution is 2.21. The number of H-pyrrole nitrogens is 1. The van der Waals surface area contributed by atoms with Gasteiger partial charge in [0.2, 0.25) is 0 Å². The molecule has 0 aliphatic heterocycles. The van der Waals surface area contributed by atoms with Crippen LogP contribution >= 0.6 is 35.3 Å². The number of aryl methyl sites for hydroxylation is 1. The van der Waals surface area contributed by atoms with Crippen LogP contribution in [0, 0.1) is 6.92 Å². The van der Waals surface area contributed by atoms with Crippen molar-refractivity contribution < 1.29 is 0 Å². The van der Waals surface area contributed by atoms with Crippen LogP contribution in [0.25, 0.3) is 10.9 Å². The van der Waals surface area contributed by atoms with Gasteiger partial charge in [-0.3, -0.25) is 0 Å². The molecule has 0 spiro atoms. The average molecular weight is 468 g/mol. The van der Waals surface area contributed by atoms with E-state index in [0.29, 0.717) is 6.54 Å². The minimum atomic E-state index is 0. The lowest BCUT2D eigenvalue weighted by molar-refractivity contribution is 0.802. The zero-order valence-corrected chi connectivity index (χ0v) is 17.8. The summed E-state index contributed by atoms with van der Waals surface area (Å²) in [5, 5.41) is 12.3. The number of hydrogen-bond donors (Lipinski definition) is 3. The van der Waals surface area contributed by atoms with Crippen LogP contribution < -0.4 is 10.6 Å². The predicted molar refractivity (Wildman–Crippen MR) is 119 cm³/mol. The fourth-order valence-electron chi connectivity index (χ4n) is 2.78. The normalized spacial score (nSPS) is 11.4. The van der Waals surface area contributed by atoms with Crippen LogP contribution in [0.4, 0.5) is 0 Å². The predicted octanol–water partition coefficient (Wildman–Crippen LogP) is 4.45. The fourth-order valence-corrected chi connectivity index (χ4v) is 3.44. The number of thiophene rings is 1. The summed E-state index contributed by atoms with van der Waals surface area (Å²) in [5.41, 5.74) is 5.13. The van der Waals surface area contributed by atoms with Gasteiger partial charge in [0, 0.05) is 30.2 Å². The molecule has 0 bridgehead atoms. The van der Waals surface area contributed by atoms with Crippen LogP contribution in [-0.4, -0.2) is 24.0 Å². The molecule has 134 valence electrons. The van der Waals surface area contributed by atoms with E-state index in [1.165, 1.54) is 27.6 Å². The molecule has 0 aliphatic carbocycles. The number of guanidine groups is 1. The first-order chi connectivity index (χ1) is 11.8. The molecule has 1 aromatic carbocycles. The van der Waals surface area contributed by atoms with Gasteiger partial charge in [-0.1, -0.05) is 18.2 Å². The lowest BCUT2D eigenvalue weighted by Crippen LogP contribution is -2.38. The third-order valence-corrected chi connectivity index (χ3v) is 4.77. The SMILES string of the molecule is CCNC(=NCc1ccsc1)NCCc1c[nH]c2c(C)cccc12.I. The number of nitrogens with one attached hydrogen (secondary N) is 3. The van der Waals surface area contributed by atoms with Crippen LogP contribution in [0.2, 0.25) is 0 Å². The van der Waals surface area contributed by atoms with Gasteiger partial charge < -0.3 is 15.6 Å². The average Bonchev–Trinajstić information content (AvgIpc) is 3.23. The summed E-state index contributed by atoms with van der Waals surface area (Å²) in [6, 6.07) is 8.56. The van der Waals surface area contributed by atoms with E-state index in [2.05, 4.69) is 75.7 Å². The minimum absolute atomic E-state index is 0. The molecule has 4 nitrogen and oxygen atoms in total. The highest BCUT2D eigenvalue weighted by Gasteiger charge is 2.05. The number of rotatable bonds is 6. The van der Waals surface area contributed by atoms with Gasteiger partial charge >= 0.3 is 0 Å². The Morgan fingerprint density at radius 3 is 2.88 bits per heavy atom. The Balaban J connectivity index is 0.00000225. The van der Waals surface area contributed by atoms with Gasteiger partial charge in [-0.2, -0.15) is 11.3 Å². The first kappa shape index (κ1) is 19.8. The minimum Gasteiger partial charge on any atom is -0.361 e. The van der Waals surface area contributed by atoms with Gasteiger partial charge in [0.1, 0.15) is 0 Å². The maximum Gasteiger partial charge on any atom is 0.191 e. The second-order valence-electron chi connectivity index (χ2n) is 5.81. The number of aromatic amines is 1. The van der Waals surface area contributed by atoms with Gasteiger partial charge in [0.15, 0.2) is 5.96 Å². The summed E-state index contributed by atoms with van der Waals surface area (Å²) in [5.74, 6) is 0.875. The maximum absolute atomic E-state index is 4.64. The fraction of sp³-hybridized carbons (Fsp3) is 0.316. The number of halogens is 1. The smallest absolute Gasteiger partial charge is 0.191 e. The molecule has 0 radical (unpaired) electrons. The van der Waals surface area contributed by atoms with Crippen molar-refractivity contribution in [1.29, 1.82) is 0 Å². The highest BCUT2D eigenvalue weighted by molar-refractivity contribution is 14.0. The quantitative estimate of drug-likeness (QED) is 0.285. The van der Waals surface area contributed by atoms with Crippen LogP contribution in [0.5, 0.6) is 0 Å². The molecule has 0 aliphatic rings. The second-order valence-corrected chi connectivity index (χ2v) is 6.59. The molecule has 0 saturated carbocycles. The van der Waals surface area contributed by atoms with Crippen LogP contribution in [0.15, 0.2) is 46.2 Å². The Bertz CT molecular complexity index is 808. The summed E-state index contributed by atoms with van der Waals surface area (Å²) >= 11 is 1.71. The van der Waals surface area contributed by atoms with Gasteiger partial charge in [0.25, 0.3) is 0 Å². The Morgan fingerprint density at radius 2 is 2.12 bits per heavy atom. The molecule has 2 heterocycles. The van der Waals surface area contributed by atoms with E-state index in [1.807, 2.05) is 0 Å². The van der Waals surface area contributed by atoms with Gasteiger partial charge in [-0.05, 0) is 53.8 Å². The number of para-hydroxylation sites is 1. The van der Waals surface area contributed by atoms with E-state index in [-0.39, 0.29) is 24.0 Å². The Labute approximate surface area is 170 Å². The zero-order chi connectivity index (χ0) is 16.8. The molecule has 0 unspecified atom stereocenters.